The van der Waals surface area contributed by atoms with Crippen molar-refractivity contribution in [1.82, 2.24) is 9.97 Å². The maximum absolute atomic E-state index is 13.1. The predicted octanol–water partition coefficient (Wildman–Crippen LogP) is 7.13. The van der Waals surface area contributed by atoms with Crippen molar-refractivity contribution in [2.75, 3.05) is 5.32 Å². The molecule has 2 aromatic heterocycles. The molecule has 1 aliphatic rings. The number of benzene rings is 2. The maximum Gasteiger partial charge on any atom is 0.233 e. The van der Waals surface area contributed by atoms with Gasteiger partial charge in [0.05, 0.1) is 11.4 Å². The molecule has 0 spiro atoms. The van der Waals surface area contributed by atoms with Crippen LogP contribution in [0.3, 0.4) is 0 Å². The van der Waals surface area contributed by atoms with Crippen molar-refractivity contribution in [1.29, 1.82) is 0 Å². The Labute approximate surface area is 225 Å². The number of halogens is 2. The number of hydrogen-bond acceptors (Lipinski definition) is 3. The van der Waals surface area contributed by atoms with E-state index in [9.17, 15) is 4.79 Å². The van der Waals surface area contributed by atoms with Gasteiger partial charge in [-0.15, -0.1) is 0 Å². The summed E-state index contributed by atoms with van der Waals surface area (Å²) in [6, 6.07) is 20.5. The van der Waals surface area contributed by atoms with Gasteiger partial charge in [0.1, 0.15) is 1.43 Å². The average molecular weight is 669 g/mol. The van der Waals surface area contributed by atoms with Crippen LogP contribution in [0.15, 0.2) is 104 Å². The molecular weight excluding hydrogens is 648 g/mol. The van der Waals surface area contributed by atoms with Crippen molar-refractivity contribution in [3.63, 3.8) is 0 Å². The molecule has 4 aromatic rings. The van der Waals surface area contributed by atoms with Gasteiger partial charge in [0.15, 0.2) is 0 Å². The van der Waals surface area contributed by atoms with Gasteiger partial charge < -0.3 is 5.32 Å². The number of fused-ring (bicyclic) bond motifs is 1. The first-order chi connectivity index (χ1) is 16.5. The van der Waals surface area contributed by atoms with Gasteiger partial charge in [-0.3, -0.25) is 14.8 Å². The summed E-state index contributed by atoms with van der Waals surface area (Å²) in [6.07, 6.45) is 14.2. The van der Waals surface area contributed by atoms with Crippen LogP contribution >= 0.6 is 45.2 Å². The Morgan fingerprint density at radius 1 is 0.941 bits per heavy atom. The summed E-state index contributed by atoms with van der Waals surface area (Å²) < 4.78 is -0.284. The molecule has 0 saturated carbocycles. The van der Waals surface area contributed by atoms with E-state index in [2.05, 4.69) is 90.8 Å². The first-order valence-electron chi connectivity index (χ1n) is 10.9. The molecule has 1 amide bonds. The number of anilines is 1. The topological polar surface area (TPSA) is 54.9 Å². The van der Waals surface area contributed by atoms with Gasteiger partial charge >= 0.3 is 0 Å². The number of rotatable bonds is 5. The zero-order chi connectivity index (χ0) is 23.5. The minimum atomic E-state index is -0.284. The van der Waals surface area contributed by atoms with Gasteiger partial charge in [-0.05, 0) is 65.6 Å². The fourth-order valence-corrected chi connectivity index (χ4v) is 5.55. The maximum atomic E-state index is 13.1. The number of amides is 1. The lowest BCUT2D eigenvalue weighted by atomic mass is 9.95. The molecule has 34 heavy (non-hydrogen) atoms. The van der Waals surface area contributed by atoms with Crippen LogP contribution in [0.1, 0.15) is 11.1 Å². The lowest BCUT2D eigenvalue weighted by Crippen LogP contribution is -2.33. The number of nitrogens with one attached hydrogen (secondary N) is 1. The SMILES string of the molecule is O=C(Nc1cccc(-c2cc(Cc3ccncc3)cc3cccnc23)c1)C1C=CC=CC1(I)I. The van der Waals surface area contributed by atoms with E-state index in [1.54, 1.807) is 0 Å². The minimum Gasteiger partial charge on any atom is -0.325 e. The normalized spacial score (nSPS) is 16.5. The van der Waals surface area contributed by atoms with E-state index < -0.39 is 0 Å². The zero-order valence-corrected chi connectivity index (χ0v) is 22.5. The molecule has 1 atom stereocenters. The quantitative estimate of drug-likeness (QED) is 0.182. The lowest BCUT2D eigenvalue weighted by molar-refractivity contribution is -0.118. The Morgan fingerprint density at radius 3 is 2.62 bits per heavy atom. The fraction of sp³-hybridized carbons (Fsp3) is 0.107. The summed E-state index contributed by atoms with van der Waals surface area (Å²) >= 11 is 4.65. The molecule has 0 fully saturated rings. The number of nitrogens with zero attached hydrogens (tertiary/aromatic N) is 2. The second kappa shape index (κ2) is 9.95. The lowest BCUT2D eigenvalue weighted by Gasteiger charge is -2.26. The molecule has 0 radical (unpaired) electrons. The molecule has 0 saturated heterocycles. The Hall–Kier alpha value is -2.59. The van der Waals surface area contributed by atoms with Crippen molar-refractivity contribution < 1.29 is 4.79 Å². The second-order valence-electron chi connectivity index (χ2n) is 8.22. The van der Waals surface area contributed by atoms with Crippen molar-refractivity contribution in [3.8, 4) is 11.1 Å². The van der Waals surface area contributed by atoms with E-state index >= 15 is 0 Å². The molecule has 5 rings (SSSR count). The third-order valence-electron chi connectivity index (χ3n) is 5.79. The highest BCUT2D eigenvalue weighted by atomic mass is 127. The molecular formula is C28H21I2N3O. The second-order valence-corrected chi connectivity index (χ2v) is 13.9. The standard InChI is InChI=1S/C28H21I2N3O/c29-28(30)11-2-1-8-25(28)27(34)33-23-7-3-5-21(18-23)24-17-20(15-19-9-13-31-14-10-19)16-22-6-4-12-32-26(22)24/h1-14,16-18,25H,15H2,(H,33,34). The van der Waals surface area contributed by atoms with Crippen LogP contribution in [-0.2, 0) is 11.2 Å². The van der Waals surface area contributed by atoms with Crippen LogP contribution in [0.25, 0.3) is 22.0 Å². The number of carbonyl (C=O) groups is 1. The number of aromatic nitrogens is 2. The molecule has 0 bridgehead atoms. The van der Waals surface area contributed by atoms with Gasteiger partial charge in [-0.2, -0.15) is 0 Å². The predicted molar refractivity (Wildman–Crippen MR) is 155 cm³/mol. The molecule has 4 nitrogen and oxygen atoms in total. The van der Waals surface area contributed by atoms with Crippen LogP contribution < -0.4 is 5.32 Å². The number of carbonyl (C=O) groups excluding carboxylic acids is 1. The molecule has 1 aliphatic carbocycles. The smallest absolute Gasteiger partial charge is 0.233 e. The van der Waals surface area contributed by atoms with E-state index in [0.29, 0.717) is 0 Å². The molecule has 6 heteroatoms. The highest BCUT2D eigenvalue weighted by Crippen LogP contribution is 2.41. The van der Waals surface area contributed by atoms with E-state index in [4.69, 9.17) is 0 Å². The van der Waals surface area contributed by atoms with Crippen molar-refractivity contribution in [2.24, 2.45) is 5.92 Å². The van der Waals surface area contributed by atoms with E-state index in [1.165, 1.54) is 11.1 Å². The number of hydrogen-bond donors (Lipinski definition) is 1. The molecule has 1 N–H and O–H groups in total. The van der Waals surface area contributed by atoms with Gasteiger partial charge in [0.2, 0.25) is 5.91 Å². The zero-order valence-electron chi connectivity index (χ0n) is 18.2. The van der Waals surface area contributed by atoms with E-state index in [-0.39, 0.29) is 13.3 Å². The third-order valence-corrected chi connectivity index (χ3v) is 7.85. The van der Waals surface area contributed by atoms with E-state index in [0.717, 1.165) is 34.1 Å². The van der Waals surface area contributed by atoms with E-state index in [1.807, 2.05) is 73.2 Å². The summed E-state index contributed by atoms with van der Waals surface area (Å²) in [4.78, 5) is 21.9. The Bertz CT molecular complexity index is 1410. The van der Waals surface area contributed by atoms with Crippen LogP contribution in [0.2, 0.25) is 0 Å². The van der Waals surface area contributed by atoms with Crippen molar-refractivity contribution in [2.45, 2.75) is 7.85 Å². The summed E-state index contributed by atoms with van der Waals surface area (Å²) in [5.74, 6) is -0.260. The third kappa shape index (κ3) is 5.07. The monoisotopic (exact) mass is 669 g/mol. The highest BCUT2D eigenvalue weighted by Gasteiger charge is 2.36. The first-order valence-corrected chi connectivity index (χ1v) is 13.1. The molecule has 2 heterocycles. The van der Waals surface area contributed by atoms with Gasteiger partial charge in [-0.1, -0.05) is 87.7 Å². The van der Waals surface area contributed by atoms with Gasteiger partial charge in [0, 0.05) is 35.2 Å². The summed E-state index contributed by atoms with van der Waals surface area (Å²) in [7, 11) is 0. The van der Waals surface area contributed by atoms with Gasteiger partial charge in [0.25, 0.3) is 0 Å². The Morgan fingerprint density at radius 2 is 1.79 bits per heavy atom. The Balaban J connectivity index is 1.49. The first kappa shape index (κ1) is 23.2. The minimum absolute atomic E-state index is 0.0176. The highest BCUT2D eigenvalue weighted by molar-refractivity contribution is 14.2. The molecule has 168 valence electrons. The van der Waals surface area contributed by atoms with Crippen LogP contribution in [0.4, 0.5) is 5.69 Å². The number of alkyl halides is 2. The van der Waals surface area contributed by atoms with Crippen LogP contribution in [0, 0.1) is 5.92 Å². The van der Waals surface area contributed by atoms with Crippen molar-refractivity contribution in [3.05, 3.63) is 115 Å². The van der Waals surface area contributed by atoms with Gasteiger partial charge in [-0.25, -0.2) is 0 Å². The molecule has 1 unspecified atom stereocenters. The Kier molecular flexibility index (Phi) is 6.78. The molecule has 2 aromatic carbocycles. The van der Waals surface area contributed by atoms with Crippen LogP contribution in [0.5, 0.6) is 0 Å². The number of pyridine rings is 2. The average Bonchev–Trinajstić information content (AvgIpc) is 2.84. The number of allylic oxidation sites excluding steroid dienone is 3. The summed E-state index contributed by atoms with van der Waals surface area (Å²) in [5.41, 5.74) is 6.21. The summed E-state index contributed by atoms with van der Waals surface area (Å²) in [5, 5.41) is 4.21. The fourth-order valence-electron chi connectivity index (χ4n) is 4.15. The van der Waals surface area contributed by atoms with Crippen LogP contribution in [-0.4, -0.2) is 17.3 Å². The summed E-state index contributed by atoms with van der Waals surface area (Å²) in [6.45, 7) is 0. The van der Waals surface area contributed by atoms with Crippen molar-refractivity contribution >= 4 is 67.7 Å². The largest absolute Gasteiger partial charge is 0.325 e. The molecule has 0 aliphatic heterocycles.